The molecule has 0 spiro atoms. The minimum Gasteiger partial charge on any atom is -0.494 e. The lowest BCUT2D eigenvalue weighted by Gasteiger charge is -2.20. The van der Waals surface area contributed by atoms with E-state index in [1.165, 1.54) is 29.3 Å². The molecule has 0 saturated heterocycles. The highest BCUT2D eigenvalue weighted by Crippen LogP contribution is 2.25. The monoisotopic (exact) mass is 427 g/mol. The Bertz CT molecular complexity index is 992. The predicted molar refractivity (Wildman–Crippen MR) is 113 cm³/mol. The number of hydrogen-bond acceptors (Lipinski definition) is 6. The molecule has 1 heterocycles. The van der Waals surface area contributed by atoms with Crippen LogP contribution in [-0.2, 0) is 14.4 Å². The Morgan fingerprint density at radius 1 is 1.16 bits per heavy atom. The third-order valence-corrected chi connectivity index (χ3v) is 4.45. The first-order valence-corrected chi connectivity index (χ1v) is 9.60. The van der Waals surface area contributed by atoms with Crippen LogP contribution < -0.4 is 26.1 Å². The molecule has 0 bridgehead atoms. The molecule has 0 radical (unpaired) electrons. The second-order valence-corrected chi connectivity index (χ2v) is 6.68. The van der Waals surface area contributed by atoms with E-state index in [4.69, 9.17) is 10.5 Å². The van der Waals surface area contributed by atoms with E-state index in [-0.39, 0.29) is 18.7 Å². The van der Waals surface area contributed by atoms with Crippen LogP contribution in [0, 0.1) is 5.82 Å². The molecule has 31 heavy (non-hydrogen) atoms. The lowest BCUT2D eigenvalue weighted by Crippen LogP contribution is -2.40. The molecule has 1 unspecified atom stereocenters. The summed E-state index contributed by atoms with van der Waals surface area (Å²) in [7, 11) is 0. The van der Waals surface area contributed by atoms with Gasteiger partial charge in [0.25, 0.3) is 5.91 Å². The Balaban J connectivity index is 1.59. The number of nitrogens with zero attached hydrogens (tertiary/aromatic N) is 2. The van der Waals surface area contributed by atoms with Crippen LogP contribution in [0.15, 0.2) is 53.6 Å². The van der Waals surface area contributed by atoms with Gasteiger partial charge < -0.3 is 21.1 Å². The van der Waals surface area contributed by atoms with Crippen LogP contribution in [0.2, 0.25) is 0 Å². The van der Waals surface area contributed by atoms with Crippen molar-refractivity contribution in [3.63, 3.8) is 0 Å². The zero-order valence-corrected chi connectivity index (χ0v) is 16.8. The van der Waals surface area contributed by atoms with Gasteiger partial charge >= 0.3 is 0 Å². The Hall–Kier alpha value is -3.95. The van der Waals surface area contributed by atoms with Crippen molar-refractivity contribution in [3.05, 3.63) is 54.3 Å². The van der Waals surface area contributed by atoms with Gasteiger partial charge in [0, 0.05) is 12.1 Å². The molecule has 3 amide bonds. The highest BCUT2D eigenvalue weighted by Gasteiger charge is 2.35. The number of anilines is 2. The average molecular weight is 427 g/mol. The van der Waals surface area contributed by atoms with Crippen LogP contribution in [-0.4, -0.2) is 42.6 Å². The van der Waals surface area contributed by atoms with Crippen molar-refractivity contribution in [2.24, 2.45) is 10.8 Å². The molecule has 1 atom stereocenters. The number of primary amides is 1. The lowest BCUT2D eigenvalue weighted by atomic mass is 10.1. The molecule has 0 aliphatic carbocycles. The number of carbonyl (C=O) groups excluding carboxylic acids is 3. The number of benzene rings is 2. The highest BCUT2D eigenvalue weighted by molar-refractivity contribution is 6.40. The second-order valence-electron chi connectivity index (χ2n) is 6.68. The molecule has 0 saturated carbocycles. The van der Waals surface area contributed by atoms with Gasteiger partial charge in [-0.15, -0.1) is 0 Å². The van der Waals surface area contributed by atoms with Gasteiger partial charge in [-0.3, -0.25) is 19.4 Å². The van der Waals surface area contributed by atoms with Crippen molar-refractivity contribution in [2.45, 2.75) is 19.4 Å². The number of nitrogens with two attached hydrogens (primary N) is 1. The molecule has 2 aromatic carbocycles. The maximum Gasteiger partial charge on any atom is 0.268 e. The fourth-order valence-corrected chi connectivity index (χ4v) is 2.97. The van der Waals surface area contributed by atoms with Crippen molar-refractivity contribution in [1.29, 1.82) is 0 Å². The minimum atomic E-state index is -0.885. The number of carbonyl (C=O) groups is 3. The quantitative estimate of drug-likeness (QED) is 0.587. The Morgan fingerprint density at radius 2 is 1.84 bits per heavy atom. The molecule has 0 aromatic heterocycles. The first kappa shape index (κ1) is 21.8. The Labute approximate surface area is 178 Å². The van der Waals surface area contributed by atoms with Gasteiger partial charge in [-0.05, 0) is 55.5 Å². The van der Waals surface area contributed by atoms with E-state index < -0.39 is 29.6 Å². The van der Waals surface area contributed by atoms with Gasteiger partial charge in [0.15, 0.2) is 0 Å². The van der Waals surface area contributed by atoms with Crippen molar-refractivity contribution < 1.29 is 23.5 Å². The largest absolute Gasteiger partial charge is 0.494 e. The fraction of sp³-hybridized carbons (Fsp3) is 0.238. The van der Waals surface area contributed by atoms with Crippen LogP contribution >= 0.6 is 0 Å². The normalized spacial score (nSPS) is 15.2. The molecule has 10 heteroatoms. The van der Waals surface area contributed by atoms with E-state index in [0.29, 0.717) is 23.7 Å². The van der Waals surface area contributed by atoms with E-state index in [2.05, 4.69) is 15.7 Å². The van der Waals surface area contributed by atoms with Crippen LogP contribution in [0.25, 0.3) is 0 Å². The Morgan fingerprint density at radius 3 is 2.45 bits per heavy atom. The van der Waals surface area contributed by atoms with Gasteiger partial charge in [0.1, 0.15) is 23.3 Å². The summed E-state index contributed by atoms with van der Waals surface area (Å²) in [6.07, 6.45) is -0.0287. The number of nitrogens with one attached hydrogen (secondary N) is 2. The smallest absolute Gasteiger partial charge is 0.268 e. The summed E-state index contributed by atoms with van der Waals surface area (Å²) in [5.41, 5.74) is 6.44. The number of amides is 3. The van der Waals surface area contributed by atoms with Crippen molar-refractivity contribution in [1.82, 2.24) is 5.32 Å². The zero-order chi connectivity index (χ0) is 22.4. The van der Waals surface area contributed by atoms with Crippen LogP contribution in [0.5, 0.6) is 5.75 Å². The predicted octanol–water partition coefficient (Wildman–Crippen LogP) is 1.40. The van der Waals surface area contributed by atoms with E-state index in [1.807, 2.05) is 6.92 Å². The first-order chi connectivity index (χ1) is 14.9. The maximum atomic E-state index is 13.2. The van der Waals surface area contributed by atoms with Crippen LogP contribution in [0.3, 0.4) is 0 Å². The number of ether oxygens (including phenoxy) is 1. The topological polar surface area (TPSA) is 126 Å². The Kier molecular flexibility index (Phi) is 6.81. The molecular weight excluding hydrogens is 405 g/mol. The third kappa shape index (κ3) is 5.56. The van der Waals surface area contributed by atoms with Gasteiger partial charge in [-0.2, -0.15) is 5.10 Å². The standard InChI is InChI=1S/C21H22FN5O4/c1-2-31-16-9-5-14(6-10-16)25-19(28)12-24-21(30)17-11-18(20(23)29)27(26-17)15-7-3-13(22)4-8-15/h3-10,18H,2,11-12H2,1H3,(H2,23,29)(H,24,30)(H,25,28). The molecular formula is C21H22FN5O4. The summed E-state index contributed by atoms with van der Waals surface area (Å²) in [5.74, 6) is -1.47. The SMILES string of the molecule is CCOc1ccc(NC(=O)CNC(=O)C2=NN(c3ccc(F)cc3)C(C(N)=O)C2)cc1. The number of hydrazone groups is 1. The summed E-state index contributed by atoms with van der Waals surface area (Å²) in [4.78, 5) is 36.3. The van der Waals surface area contributed by atoms with Gasteiger partial charge in [-0.1, -0.05) is 0 Å². The van der Waals surface area contributed by atoms with E-state index in [1.54, 1.807) is 24.3 Å². The highest BCUT2D eigenvalue weighted by atomic mass is 19.1. The zero-order valence-electron chi connectivity index (χ0n) is 16.8. The van der Waals surface area contributed by atoms with Gasteiger partial charge in [0.2, 0.25) is 11.8 Å². The third-order valence-electron chi connectivity index (χ3n) is 4.45. The summed E-state index contributed by atoms with van der Waals surface area (Å²) in [6, 6.07) is 11.2. The molecule has 162 valence electrons. The second kappa shape index (κ2) is 9.70. The molecule has 2 aromatic rings. The van der Waals surface area contributed by atoms with Crippen LogP contribution in [0.4, 0.5) is 15.8 Å². The molecule has 4 N–H and O–H groups in total. The van der Waals surface area contributed by atoms with Crippen LogP contribution in [0.1, 0.15) is 13.3 Å². The number of hydrogen-bond donors (Lipinski definition) is 3. The summed E-state index contributed by atoms with van der Waals surface area (Å²) in [6.45, 7) is 2.12. The fourth-order valence-electron chi connectivity index (χ4n) is 2.97. The molecule has 1 aliphatic heterocycles. The van der Waals surface area contributed by atoms with Crippen molar-refractivity contribution in [3.8, 4) is 5.75 Å². The molecule has 0 fully saturated rings. The van der Waals surface area contributed by atoms with E-state index in [9.17, 15) is 18.8 Å². The maximum absolute atomic E-state index is 13.2. The van der Waals surface area contributed by atoms with Crippen molar-refractivity contribution >= 4 is 34.8 Å². The summed E-state index contributed by atoms with van der Waals surface area (Å²) < 4.78 is 18.5. The van der Waals surface area contributed by atoms with Gasteiger partial charge in [-0.25, -0.2) is 4.39 Å². The summed E-state index contributed by atoms with van der Waals surface area (Å²) >= 11 is 0. The van der Waals surface area contributed by atoms with E-state index >= 15 is 0 Å². The summed E-state index contributed by atoms with van der Waals surface area (Å²) in [5, 5.41) is 10.5. The molecule has 9 nitrogen and oxygen atoms in total. The molecule has 1 aliphatic rings. The minimum absolute atomic E-state index is 0.0287. The average Bonchev–Trinajstić information content (AvgIpc) is 3.20. The van der Waals surface area contributed by atoms with Gasteiger partial charge in [0.05, 0.1) is 18.8 Å². The lowest BCUT2D eigenvalue weighted by molar-refractivity contribution is -0.120. The molecule has 3 rings (SSSR count). The number of rotatable bonds is 8. The first-order valence-electron chi connectivity index (χ1n) is 9.60. The van der Waals surface area contributed by atoms with E-state index in [0.717, 1.165) is 0 Å². The number of halogens is 1. The van der Waals surface area contributed by atoms with Crippen molar-refractivity contribution in [2.75, 3.05) is 23.5 Å².